The summed E-state index contributed by atoms with van der Waals surface area (Å²) < 4.78 is 40.4. The second-order valence-corrected chi connectivity index (χ2v) is 12.0. The van der Waals surface area contributed by atoms with E-state index in [9.17, 15) is 27.6 Å². The number of alkyl halides is 3. The van der Waals surface area contributed by atoms with Crippen LogP contribution in [0.5, 0.6) is 0 Å². The summed E-state index contributed by atoms with van der Waals surface area (Å²) in [5, 5.41) is 1.91. The first-order valence-electron chi connectivity index (χ1n) is 16.3. The van der Waals surface area contributed by atoms with Crippen molar-refractivity contribution in [1.29, 1.82) is 0 Å². The first-order valence-corrected chi connectivity index (χ1v) is 17.2. The molecule has 5 heterocycles. The van der Waals surface area contributed by atoms with Gasteiger partial charge < -0.3 is 9.80 Å². The van der Waals surface area contributed by atoms with E-state index in [2.05, 4.69) is 4.98 Å². The third-order valence-electron chi connectivity index (χ3n) is 7.94. The topological polar surface area (TPSA) is 75.0 Å². The number of likely N-dealkylation sites (tertiary alicyclic amines) is 1. The number of carbonyl (C=O) groups is 3. The van der Waals surface area contributed by atoms with Crippen LogP contribution >= 0.6 is 11.3 Å². The number of halogens is 3. The number of amides is 2. The van der Waals surface area contributed by atoms with Crippen LogP contribution in [-0.4, -0.2) is 56.4 Å². The van der Waals surface area contributed by atoms with Crippen molar-refractivity contribution in [3.8, 4) is 0 Å². The lowest BCUT2D eigenvalue weighted by molar-refractivity contribution is -0.137. The first-order chi connectivity index (χ1) is 22.5. The van der Waals surface area contributed by atoms with Gasteiger partial charge in [-0.25, -0.2) is 4.98 Å². The molecule has 2 aliphatic heterocycles. The molecule has 47 heavy (non-hydrogen) atoms. The number of benzene rings is 1. The molecule has 1 atom stereocenters. The largest absolute Gasteiger partial charge is 0.416 e. The number of rotatable bonds is 4. The van der Waals surface area contributed by atoms with E-state index < -0.39 is 11.7 Å². The predicted octanol–water partition coefficient (Wildman–Crippen LogP) is 8.60. The van der Waals surface area contributed by atoms with E-state index >= 15 is 0 Å². The molecule has 2 aliphatic rings. The number of hydrogen-bond donors (Lipinski definition) is 0. The van der Waals surface area contributed by atoms with Gasteiger partial charge in [0.05, 0.1) is 18.3 Å². The molecular weight excluding hydrogens is 625 g/mol. The van der Waals surface area contributed by atoms with Crippen LogP contribution in [0.4, 0.5) is 13.2 Å². The van der Waals surface area contributed by atoms with E-state index in [-0.39, 0.29) is 23.2 Å². The minimum Gasteiger partial charge on any atom is -0.338 e. The van der Waals surface area contributed by atoms with Gasteiger partial charge in [-0.05, 0) is 73.6 Å². The van der Waals surface area contributed by atoms with Gasteiger partial charge in [0.2, 0.25) is 0 Å². The Morgan fingerprint density at radius 3 is 2.34 bits per heavy atom. The average molecular weight is 671 g/mol. The number of Topliss-reactive ketones (excluding diaryl/α,β-unsaturated/α-hetero) is 1. The molecule has 0 bridgehead atoms. The number of ketones is 1. The minimum absolute atomic E-state index is 0.0212. The Bertz CT molecular complexity index is 1680. The number of thiophene rings is 1. The maximum atomic E-state index is 12.9. The van der Waals surface area contributed by atoms with Crippen molar-refractivity contribution < 1.29 is 27.6 Å². The monoisotopic (exact) mass is 670 g/mol. The van der Waals surface area contributed by atoms with Crippen LogP contribution < -0.4 is 0 Å². The summed E-state index contributed by atoms with van der Waals surface area (Å²) in [5.41, 5.74) is 3.21. The van der Waals surface area contributed by atoms with E-state index in [1.165, 1.54) is 0 Å². The Kier molecular flexibility index (Phi) is 13.3. The van der Waals surface area contributed by atoms with E-state index in [4.69, 9.17) is 0 Å². The van der Waals surface area contributed by atoms with Crippen LogP contribution in [0.2, 0.25) is 0 Å². The first kappa shape index (κ1) is 37.5. The number of carbonyl (C=O) groups excluding carboxylic acids is 3. The fraction of sp³-hybridized carbons (Fsp3) is 0.444. The molecule has 0 aliphatic carbocycles. The number of aromatic nitrogens is 2. The van der Waals surface area contributed by atoms with Crippen LogP contribution in [0.15, 0.2) is 54.2 Å². The summed E-state index contributed by atoms with van der Waals surface area (Å²) >= 11 is 1.57. The second kappa shape index (κ2) is 16.7. The molecular formula is C36H45F3N4O3S. The van der Waals surface area contributed by atoms with Crippen molar-refractivity contribution in [2.24, 2.45) is 5.92 Å². The molecule has 0 saturated carbocycles. The minimum atomic E-state index is -4.42. The number of nitrogens with zero attached hydrogens (tertiary/aromatic N) is 4. The summed E-state index contributed by atoms with van der Waals surface area (Å²) in [4.78, 5) is 45.6. The summed E-state index contributed by atoms with van der Waals surface area (Å²) in [6.07, 6.45) is 1.17. The SMILES string of the molecule is CC.CC.CC(=O)c1csc2c1CCN(C(=O)c1cnc3ccccn13)C2.CCc1cc(C(=O)N2CC[C@@H](C)C2)cc(C(F)(F)F)c1. The number of aryl methyl sites for hydroxylation is 1. The Labute approximate surface area is 279 Å². The van der Waals surface area contributed by atoms with E-state index in [1.807, 2.05) is 73.7 Å². The Hall–Kier alpha value is -3.99. The van der Waals surface area contributed by atoms with Gasteiger partial charge in [-0.3, -0.25) is 18.8 Å². The fourth-order valence-corrected chi connectivity index (χ4v) is 6.69. The highest BCUT2D eigenvalue weighted by atomic mass is 32.1. The lowest BCUT2D eigenvalue weighted by Gasteiger charge is -2.27. The van der Waals surface area contributed by atoms with Crippen molar-refractivity contribution in [2.75, 3.05) is 19.6 Å². The zero-order valence-electron chi connectivity index (χ0n) is 28.3. The maximum Gasteiger partial charge on any atom is 0.416 e. The number of pyridine rings is 1. The Morgan fingerprint density at radius 1 is 1.00 bits per heavy atom. The van der Waals surface area contributed by atoms with Crippen molar-refractivity contribution in [3.05, 3.63) is 92.6 Å². The molecule has 0 N–H and O–H groups in total. The Morgan fingerprint density at radius 2 is 1.72 bits per heavy atom. The van der Waals surface area contributed by atoms with Gasteiger partial charge in [-0.2, -0.15) is 13.2 Å². The van der Waals surface area contributed by atoms with Crippen LogP contribution in [0, 0.1) is 5.92 Å². The third-order valence-corrected chi connectivity index (χ3v) is 8.95. The lowest BCUT2D eigenvalue weighted by atomic mass is 10.0. The number of hydrogen-bond acceptors (Lipinski definition) is 5. The molecule has 7 nitrogen and oxygen atoms in total. The summed E-state index contributed by atoms with van der Waals surface area (Å²) in [6.45, 7) is 15.8. The average Bonchev–Trinajstić information content (AvgIpc) is 3.83. The van der Waals surface area contributed by atoms with Crippen LogP contribution in [-0.2, 0) is 25.6 Å². The van der Waals surface area contributed by atoms with E-state index in [0.29, 0.717) is 49.8 Å². The molecule has 1 fully saturated rings. The van der Waals surface area contributed by atoms with Crippen molar-refractivity contribution >= 4 is 34.6 Å². The van der Waals surface area contributed by atoms with Crippen LogP contribution in [0.25, 0.3) is 5.65 Å². The van der Waals surface area contributed by atoms with Crippen molar-refractivity contribution in [1.82, 2.24) is 19.2 Å². The highest BCUT2D eigenvalue weighted by molar-refractivity contribution is 7.10. The van der Waals surface area contributed by atoms with Gasteiger partial charge in [0.25, 0.3) is 11.8 Å². The molecule has 0 radical (unpaired) electrons. The number of fused-ring (bicyclic) bond motifs is 2. The summed E-state index contributed by atoms with van der Waals surface area (Å²) in [7, 11) is 0. The van der Waals surface area contributed by atoms with Gasteiger partial charge >= 0.3 is 6.18 Å². The molecule has 0 unspecified atom stereocenters. The Balaban J connectivity index is 0.000000233. The van der Waals surface area contributed by atoms with E-state index in [1.54, 1.807) is 42.3 Å². The van der Waals surface area contributed by atoms with Crippen LogP contribution in [0.1, 0.15) is 108 Å². The van der Waals surface area contributed by atoms with Gasteiger partial charge in [0.1, 0.15) is 11.3 Å². The predicted molar refractivity (Wildman–Crippen MR) is 181 cm³/mol. The van der Waals surface area contributed by atoms with Gasteiger partial charge in [0.15, 0.2) is 5.78 Å². The summed E-state index contributed by atoms with van der Waals surface area (Å²) in [5.74, 6) is 0.196. The zero-order chi connectivity index (χ0) is 34.9. The molecule has 3 aromatic heterocycles. The van der Waals surface area contributed by atoms with Crippen molar-refractivity contribution in [3.63, 3.8) is 0 Å². The standard InChI is InChI=1S/C17H15N3O2S.C15H18F3NO.2C2H6/c1-11(21)13-10-23-15-9-19(7-5-12(13)15)17(22)14-8-18-16-4-2-3-6-20(14)16;1-3-11-6-12(8-13(7-11)15(16,17)18)14(20)19-5-4-10(2)9-19;2*1-2/h2-4,6,8,10H,5,7,9H2,1H3;6-8,10H,3-5,9H2,1-2H3;2*1-2H3/t;10-;;/m.1../s1. The molecule has 1 aromatic carbocycles. The molecule has 4 aromatic rings. The smallest absolute Gasteiger partial charge is 0.338 e. The molecule has 6 rings (SSSR count). The van der Waals surface area contributed by atoms with Gasteiger partial charge in [0, 0.05) is 47.2 Å². The van der Waals surface area contributed by atoms with Gasteiger partial charge in [-0.1, -0.05) is 47.6 Å². The maximum absolute atomic E-state index is 12.9. The third kappa shape index (κ3) is 8.88. The highest BCUT2D eigenvalue weighted by Gasteiger charge is 2.33. The lowest BCUT2D eigenvalue weighted by Crippen LogP contribution is -2.36. The zero-order valence-corrected chi connectivity index (χ0v) is 29.1. The molecule has 1 saturated heterocycles. The summed E-state index contributed by atoms with van der Waals surface area (Å²) in [6, 6.07) is 9.31. The molecule has 2 amide bonds. The quantitative estimate of drug-likeness (QED) is 0.204. The van der Waals surface area contributed by atoms with E-state index in [0.717, 1.165) is 46.6 Å². The second-order valence-electron chi connectivity index (χ2n) is 11.1. The molecule has 11 heteroatoms. The normalized spacial score (nSPS) is 15.4. The molecule has 254 valence electrons. The fourth-order valence-electron chi connectivity index (χ4n) is 5.54. The van der Waals surface area contributed by atoms with Crippen molar-refractivity contribution in [2.45, 2.75) is 80.4 Å². The number of imidazole rings is 1. The van der Waals surface area contributed by atoms with Crippen LogP contribution in [0.3, 0.4) is 0 Å². The molecule has 0 spiro atoms. The van der Waals surface area contributed by atoms with Gasteiger partial charge in [-0.15, -0.1) is 11.3 Å². The highest BCUT2D eigenvalue weighted by Crippen LogP contribution is 2.32.